The number of aliphatic imine (C=N–C) groups is 1. The zero-order chi connectivity index (χ0) is 19.0. The van der Waals surface area contributed by atoms with Crippen LogP contribution in [0.5, 0.6) is 0 Å². The van der Waals surface area contributed by atoms with E-state index in [0.29, 0.717) is 11.7 Å². The molecular weight excluding hydrogens is 407 g/mol. The van der Waals surface area contributed by atoms with Gasteiger partial charge in [-0.25, -0.2) is 12.8 Å². The standard InChI is InChI=1S/C18H17FN2O3S3/c19-13-5-3-12(4-6-13)9-21-15-10-27(23,24)11-16(15)26-18(21)20-17(22)8-14-2-1-7-25-14/h1-7,15-16H,8-11H2/t15-,16+/m1/s1. The molecule has 2 saturated heterocycles. The topological polar surface area (TPSA) is 66.8 Å². The second-order valence-electron chi connectivity index (χ2n) is 6.60. The summed E-state index contributed by atoms with van der Waals surface area (Å²) in [5.74, 6) is -0.410. The molecule has 0 bridgehead atoms. The molecule has 142 valence electrons. The molecule has 2 atom stereocenters. The predicted octanol–water partition coefficient (Wildman–Crippen LogP) is 2.73. The Hall–Kier alpha value is -1.71. The monoisotopic (exact) mass is 424 g/mol. The minimum Gasteiger partial charge on any atom is -0.342 e. The van der Waals surface area contributed by atoms with E-state index >= 15 is 0 Å². The predicted molar refractivity (Wildman–Crippen MR) is 106 cm³/mol. The van der Waals surface area contributed by atoms with Crippen molar-refractivity contribution >= 4 is 44.0 Å². The first kappa shape index (κ1) is 18.6. The maximum atomic E-state index is 13.2. The fraction of sp³-hybridized carbons (Fsp3) is 0.333. The summed E-state index contributed by atoms with van der Waals surface area (Å²) >= 11 is 2.87. The number of halogens is 1. The molecule has 1 amide bonds. The Morgan fingerprint density at radius 1 is 1.22 bits per heavy atom. The van der Waals surface area contributed by atoms with Crippen LogP contribution in [0.4, 0.5) is 4.39 Å². The van der Waals surface area contributed by atoms with Crippen molar-refractivity contribution in [3.63, 3.8) is 0 Å². The number of thiophene rings is 1. The van der Waals surface area contributed by atoms with E-state index in [1.54, 1.807) is 12.1 Å². The lowest BCUT2D eigenvalue weighted by Crippen LogP contribution is -2.37. The number of amides is 1. The highest BCUT2D eigenvalue weighted by Gasteiger charge is 2.48. The Kier molecular flexibility index (Phi) is 5.09. The number of rotatable bonds is 4. The smallest absolute Gasteiger partial charge is 0.253 e. The molecule has 3 heterocycles. The molecule has 2 aliphatic rings. The Bertz CT molecular complexity index is 972. The van der Waals surface area contributed by atoms with Crippen molar-refractivity contribution < 1.29 is 17.6 Å². The molecule has 0 saturated carbocycles. The van der Waals surface area contributed by atoms with Gasteiger partial charge in [-0.05, 0) is 29.1 Å². The van der Waals surface area contributed by atoms with Crippen LogP contribution in [-0.2, 0) is 27.6 Å². The highest BCUT2D eigenvalue weighted by atomic mass is 32.2. The highest BCUT2D eigenvalue weighted by molar-refractivity contribution is 8.15. The molecule has 2 fully saturated rings. The largest absolute Gasteiger partial charge is 0.342 e. The number of hydrogen-bond acceptors (Lipinski definition) is 5. The number of nitrogens with zero attached hydrogens (tertiary/aromatic N) is 2. The normalized spacial score (nSPS) is 25.1. The van der Waals surface area contributed by atoms with Gasteiger partial charge in [-0.3, -0.25) is 4.79 Å². The van der Waals surface area contributed by atoms with E-state index in [2.05, 4.69) is 4.99 Å². The van der Waals surface area contributed by atoms with Crippen LogP contribution >= 0.6 is 23.1 Å². The fourth-order valence-electron chi connectivity index (χ4n) is 3.32. The lowest BCUT2D eigenvalue weighted by Gasteiger charge is -2.24. The molecule has 0 unspecified atom stereocenters. The van der Waals surface area contributed by atoms with E-state index in [1.807, 2.05) is 22.4 Å². The van der Waals surface area contributed by atoms with Gasteiger partial charge in [-0.1, -0.05) is 30.0 Å². The number of hydrogen-bond donors (Lipinski definition) is 0. The van der Waals surface area contributed by atoms with E-state index < -0.39 is 9.84 Å². The number of amidine groups is 1. The second-order valence-corrected chi connectivity index (χ2v) is 11.0. The van der Waals surface area contributed by atoms with Gasteiger partial charge >= 0.3 is 0 Å². The van der Waals surface area contributed by atoms with E-state index in [-0.39, 0.29) is 40.9 Å². The third-order valence-corrected chi connectivity index (χ3v) is 8.69. The quantitative estimate of drug-likeness (QED) is 0.755. The van der Waals surface area contributed by atoms with Gasteiger partial charge in [-0.15, -0.1) is 11.3 Å². The van der Waals surface area contributed by atoms with Crippen LogP contribution in [0.15, 0.2) is 46.8 Å². The van der Waals surface area contributed by atoms with Crippen LogP contribution in [-0.4, -0.2) is 47.2 Å². The molecule has 0 spiro atoms. The van der Waals surface area contributed by atoms with Gasteiger partial charge in [0.05, 0.1) is 24.0 Å². The Labute approximate surface area is 165 Å². The van der Waals surface area contributed by atoms with Crippen molar-refractivity contribution in [1.82, 2.24) is 4.90 Å². The summed E-state index contributed by atoms with van der Waals surface area (Å²) in [5.41, 5.74) is 0.848. The van der Waals surface area contributed by atoms with Gasteiger partial charge in [0.25, 0.3) is 5.91 Å². The zero-order valence-electron chi connectivity index (χ0n) is 14.2. The molecule has 0 N–H and O–H groups in total. The maximum Gasteiger partial charge on any atom is 0.253 e. The SMILES string of the molecule is O=C(Cc1cccs1)N=C1S[C@H]2CS(=O)(=O)C[C@H]2N1Cc1ccc(F)cc1. The number of fused-ring (bicyclic) bond motifs is 1. The number of sulfone groups is 1. The minimum atomic E-state index is -3.09. The first-order valence-electron chi connectivity index (χ1n) is 8.42. The summed E-state index contributed by atoms with van der Waals surface area (Å²) in [5, 5.41) is 2.35. The third-order valence-electron chi connectivity index (χ3n) is 4.57. The summed E-state index contributed by atoms with van der Waals surface area (Å²) in [7, 11) is -3.09. The van der Waals surface area contributed by atoms with Gasteiger partial charge in [0.15, 0.2) is 15.0 Å². The Morgan fingerprint density at radius 2 is 2.00 bits per heavy atom. The van der Waals surface area contributed by atoms with Crippen LogP contribution in [0, 0.1) is 5.82 Å². The lowest BCUT2D eigenvalue weighted by atomic mass is 10.1. The molecule has 2 aromatic rings. The van der Waals surface area contributed by atoms with Gasteiger partial charge in [-0.2, -0.15) is 4.99 Å². The van der Waals surface area contributed by atoms with Crippen LogP contribution < -0.4 is 0 Å². The summed E-state index contributed by atoms with van der Waals surface area (Å²) in [6.45, 7) is 0.398. The fourth-order valence-corrected chi connectivity index (χ4v) is 7.98. The summed E-state index contributed by atoms with van der Waals surface area (Å²) < 4.78 is 37.2. The lowest BCUT2D eigenvalue weighted by molar-refractivity contribution is -0.117. The number of benzene rings is 1. The molecule has 9 heteroatoms. The average molecular weight is 425 g/mol. The zero-order valence-corrected chi connectivity index (χ0v) is 16.7. The van der Waals surface area contributed by atoms with E-state index in [1.165, 1.54) is 35.2 Å². The number of carbonyl (C=O) groups is 1. The van der Waals surface area contributed by atoms with Gasteiger partial charge < -0.3 is 4.90 Å². The molecular formula is C18H17FN2O3S3. The molecule has 5 nitrogen and oxygen atoms in total. The van der Waals surface area contributed by atoms with Crippen molar-refractivity contribution in [2.75, 3.05) is 11.5 Å². The molecule has 4 rings (SSSR count). The van der Waals surface area contributed by atoms with Crippen molar-refractivity contribution in [3.05, 3.63) is 58.0 Å². The third kappa shape index (κ3) is 4.25. The first-order valence-corrected chi connectivity index (χ1v) is 12.0. The van der Waals surface area contributed by atoms with Crippen LogP contribution in [0.3, 0.4) is 0 Å². The van der Waals surface area contributed by atoms with Gasteiger partial charge in [0.1, 0.15) is 5.82 Å². The summed E-state index contributed by atoms with van der Waals surface area (Å²) in [6, 6.07) is 9.66. The second kappa shape index (κ2) is 7.37. The van der Waals surface area contributed by atoms with Crippen LogP contribution in [0.25, 0.3) is 0 Å². The molecule has 2 aliphatic heterocycles. The Balaban J connectivity index is 1.58. The maximum absolute atomic E-state index is 13.2. The highest BCUT2D eigenvalue weighted by Crippen LogP contribution is 2.39. The van der Waals surface area contributed by atoms with Gasteiger partial charge in [0.2, 0.25) is 0 Å². The van der Waals surface area contributed by atoms with Crippen molar-refractivity contribution in [2.24, 2.45) is 4.99 Å². The average Bonchev–Trinajstić information content (AvgIpc) is 3.27. The summed E-state index contributed by atoms with van der Waals surface area (Å²) in [4.78, 5) is 19.5. The van der Waals surface area contributed by atoms with E-state index in [0.717, 1.165) is 10.4 Å². The number of thioether (sulfide) groups is 1. The first-order chi connectivity index (χ1) is 12.9. The Morgan fingerprint density at radius 3 is 2.70 bits per heavy atom. The van der Waals surface area contributed by atoms with E-state index in [9.17, 15) is 17.6 Å². The van der Waals surface area contributed by atoms with Crippen molar-refractivity contribution in [3.8, 4) is 0 Å². The van der Waals surface area contributed by atoms with Crippen LogP contribution in [0.1, 0.15) is 10.4 Å². The van der Waals surface area contributed by atoms with Crippen LogP contribution in [0.2, 0.25) is 0 Å². The van der Waals surface area contributed by atoms with E-state index in [4.69, 9.17) is 0 Å². The minimum absolute atomic E-state index is 0.0595. The summed E-state index contributed by atoms with van der Waals surface area (Å²) in [6.07, 6.45) is 0.236. The van der Waals surface area contributed by atoms with Crippen molar-refractivity contribution in [2.45, 2.75) is 24.3 Å². The molecule has 0 aliphatic carbocycles. The van der Waals surface area contributed by atoms with Gasteiger partial charge in [0, 0.05) is 16.7 Å². The van der Waals surface area contributed by atoms with Crippen molar-refractivity contribution in [1.29, 1.82) is 0 Å². The molecule has 27 heavy (non-hydrogen) atoms. The molecule has 1 aromatic carbocycles. The molecule has 1 aromatic heterocycles. The molecule has 0 radical (unpaired) electrons. The number of carbonyl (C=O) groups excluding carboxylic acids is 1.